The number of carbonyl (C=O) groups excluding carboxylic acids is 1. The second-order valence-corrected chi connectivity index (χ2v) is 5.05. The summed E-state index contributed by atoms with van der Waals surface area (Å²) in [5.41, 5.74) is 5.67. The van der Waals surface area contributed by atoms with Gasteiger partial charge >= 0.3 is 0 Å². The Morgan fingerprint density at radius 2 is 2.11 bits per heavy atom. The average molecular weight is 253 g/mol. The van der Waals surface area contributed by atoms with Gasteiger partial charge in [-0.05, 0) is 37.1 Å². The van der Waals surface area contributed by atoms with E-state index in [2.05, 4.69) is 0 Å². The van der Waals surface area contributed by atoms with E-state index in [1.165, 1.54) is 12.1 Å². The van der Waals surface area contributed by atoms with Crippen LogP contribution in [0.25, 0.3) is 0 Å². The summed E-state index contributed by atoms with van der Waals surface area (Å²) in [6.45, 7) is 6.41. The Hall–Kier alpha value is -1.42. The van der Waals surface area contributed by atoms with Crippen LogP contribution in [0.4, 0.5) is 4.39 Å². The van der Waals surface area contributed by atoms with Crippen molar-refractivity contribution in [1.29, 1.82) is 0 Å². The van der Waals surface area contributed by atoms with Gasteiger partial charge in [0.2, 0.25) is 0 Å². The number of Topliss-reactive ketones (excluding diaryl/α,β-unsaturated/α-hetero) is 1. The molecule has 100 valence electrons. The van der Waals surface area contributed by atoms with Gasteiger partial charge in [0.15, 0.2) is 17.3 Å². The Morgan fingerprint density at radius 3 is 2.61 bits per heavy atom. The fraction of sp³-hybridized carbons (Fsp3) is 0.500. The van der Waals surface area contributed by atoms with Crippen LogP contribution < -0.4 is 10.5 Å². The maximum atomic E-state index is 13.6. The maximum Gasteiger partial charge on any atom is 0.165 e. The number of carbonyl (C=O) groups is 1. The van der Waals surface area contributed by atoms with Crippen LogP contribution in [-0.2, 0) is 0 Å². The van der Waals surface area contributed by atoms with Crippen molar-refractivity contribution in [3.8, 4) is 5.75 Å². The molecule has 4 heteroatoms. The summed E-state index contributed by atoms with van der Waals surface area (Å²) >= 11 is 0. The molecule has 0 saturated carbocycles. The summed E-state index contributed by atoms with van der Waals surface area (Å²) in [6, 6.07) is 4.30. The van der Waals surface area contributed by atoms with Gasteiger partial charge in [0.05, 0.1) is 6.61 Å². The third-order valence-electron chi connectivity index (χ3n) is 2.75. The molecular weight excluding hydrogens is 233 g/mol. The highest BCUT2D eigenvalue weighted by atomic mass is 19.1. The highest BCUT2D eigenvalue weighted by Crippen LogP contribution is 2.24. The minimum atomic E-state index is -0.506. The molecule has 1 aromatic carbocycles. The summed E-state index contributed by atoms with van der Waals surface area (Å²) in [4.78, 5) is 12.0. The first-order chi connectivity index (χ1) is 8.39. The third-order valence-corrected chi connectivity index (χ3v) is 2.75. The lowest BCUT2D eigenvalue weighted by Gasteiger charge is -2.21. The Balaban J connectivity index is 2.85. The van der Waals surface area contributed by atoms with Crippen LogP contribution in [0.3, 0.4) is 0 Å². The quantitative estimate of drug-likeness (QED) is 0.793. The summed E-state index contributed by atoms with van der Waals surface area (Å²) in [7, 11) is 0. The molecule has 0 aliphatic heterocycles. The van der Waals surface area contributed by atoms with Crippen LogP contribution in [0.1, 0.15) is 37.6 Å². The number of rotatable bonds is 6. The predicted octanol–water partition coefficient (Wildman–Crippen LogP) is 2.78. The number of benzene rings is 1. The predicted molar refractivity (Wildman–Crippen MR) is 69.4 cm³/mol. The normalized spacial score (nSPS) is 11.4. The zero-order chi connectivity index (χ0) is 13.8. The first kappa shape index (κ1) is 14.6. The lowest BCUT2D eigenvalue weighted by atomic mass is 9.86. The van der Waals surface area contributed by atoms with E-state index in [1.807, 2.05) is 13.8 Å². The van der Waals surface area contributed by atoms with Gasteiger partial charge in [-0.15, -0.1) is 0 Å². The molecule has 0 amide bonds. The van der Waals surface area contributed by atoms with Crippen LogP contribution in [0.15, 0.2) is 18.2 Å². The Labute approximate surface area is 107 Å². The highest BCUT2D eigenvalue weighted by Gasteiger charge is 2.21. The molecule has 1 rings (SSSR count). The van der Waals surface area contributed by atoms with Crippen molar-refractivity contribution in [2.45, 2.75) is 27.2 Å². The second kappa shape index (κ2) is 5.96. The van der Waals surface area contributed by atoms with E-state index in [-0.39, 0.29) is 16.9 Å². The molecule has 0 spiro atoms. The van der Waals surface area contributed by atoms with Crippen LogP contribution >= 0.6 is 0 Å². The zero-order valence-electron chi connectivity index (χ0n) is 11.1. The van der Waals surface area contributed by atoms with Crippen molar-refractivity contribution >= 4 is 5.78 Å². The van der Waals surface area contributed by atoms with Crippen molar-refractivity contribution in [3.63, 3.8) is 0 Å². The third kappa shape index (κ3) is 3.81. The molecule has 3 nitrogen and oxygen atoms in total. The van der Waals surface area contributed by atoms with Gasteiger partial charge in [0, 0.05) is 12.0 Å². The van der Waals surface area contributed by atoms with Crippen molar-refractivity contribution < 1.29 is 13.9 Å². The minimum absolute atomic E-state index is 0.104. The maximum absolute atomic E-state index is 13.6. The number of ether oxygens (including phenoxy) is 1. The van der Waals surface area contributed by atoms with Gasteiger partial charge in [-0.25, -0.2) is 4.39 Å². The van der Waals surface area contributed by atoms with E-state index in [4.69, 9.17) is 10.5 Å². The Bertz CT molecular complexity index is 430. The molecule has 0 aromatic heterocycles. The lowest BCUT2D eigenvalue weighted by molar-refractivity contribution is 0.0934. The van der Waals surface area contributed by atoms with Crippen molar-refractivity contribution in [2.24, 2.45) is 11.1 Å². The molecule has 0 aliphatic carbocycles. The topological polar surface area (TPSA) is 52.3 Å². The molecule has 0 fully saturated rings. The molecule has 0 saturated heterocycles. The molecule has 0 heterocycles. The van der Waals surface area contributed by atoms with E-state index in [9.17, 15) is 9.18 Å². The summed E-state index contributed by atoms with van der Waals surface area (Å²) in [6.07, 6.45) is 0.303. The first-order valence-electron chi connectivity index (χ1n) is 6.05. The molecule has 0 aliphatic rings. The van der Waals surface area contributed by atoms with Crippen LogP contribution in [0.5, 0.6) is 5.75 Å². The summed E-state index contributed by atoms with van der Waals surface area (Å²) in [5.74, 6) is -0.437. The SMILES string of the molecule is CCOc1ccc(C(=O)CC(C)(C)CN)cc1F. The van der Waals surface area contributed by atoms with Crippen LogP contribution in [0.2, 0.25) is 0 Å². The monoisotopic (exact) mass is 253 g/mol. The van der Waals surface area contributed by atoms with Gasteiger partial charge in [-0.3, -0.25) is 4.79 Å². The number of halogens is 1. The first-order valence-corrected chi connectivity index (χ1v) is 6.05. The zero-order valence-corrected chi connectivity index (χ0v) is 11.1. The average Bonchev–Trinajstić information content (AvgIpc) is 2.31. The van der Waals surface area contributed by atoms with Gasteiger partial charge in [0.25, 0.3) is 0 Å². The van der Waals surface area contributed by atoms with Crippen LogP contribution in [0, 0.1) is 11.2 Å². The molecule has 0 atom stereocenters. The van der Waals surface area contributed by atoms with E-state index in [1.54, 1.807) is 13.0 Å². The van der Waals surface area contributed by atoms with E-state index < -0.39 is 5.82 Å². The number of ketones is 1. The number of nitrogens with two attached hydrogens (primary N) is 1. The van der Waals surface area contributed by atoms with Gasteiger partial charge in [0.1, 0.15) is 0 Å². The number of hydrogen-bond donors (Lipinski definition) is 1. The highest BCUT2D eigenvalue weighted by molar-refractivity contribution is 5.96. The van der Waals surface area contributed by atoms with Crippen molar-refractivity contribution in [1.82, 2.24) is 0 Å². The molecular formula is C14H20FNO2. The standard InChI is InChI=1S/C14H20FNO2/c1-4-18-13-6-5-10(7-11(13)15)12(17)8-14(2,3)9-16/h5-7H,4,8-9,16H2,1-3H3. The smallest absolute Gasteiger partial charge is 0.165 e. The van der Waals surface area contributed by atoms with Crippen molar-refractivity contribution in [3.05, 3.63) is 29.6 Å². The Morgan fingerprint density at radius 1 is 1.44 bits per heavy atom. The summed E-state index contributed by atoms with van der Waals surface area (Å²) < 4.78 is 18.7. The lowest BCUT2D eigenvalue weighted by Crippen LogP contribution is -2.26. The van der Waals surface area contributed by atoms with E-state index >= 15 is 0 Å². The summed E-state index contributed by atoms with van der Waals surface area (Å²) in [5, 5.41) is 0. The molecule has 0 radical (unpaired) electrons. The molecule has 18 heavy (non-hydrogen) atoms. The molecule has 2 N–H and O–H groups in total. The Kier molecular flexibility index (Phi) is 4.84. The van der Waals surface area contributed by atoms with Gasteiger partial charge in [-0.2, -0.15) is 0 Å². The molecule has 0 unspecified atom stereocenters. The fourth-order valence-electron chi connectivity index (χ4n) is 1.56. The van der Waals surface area contributed by atoms with Crippen molar-refractivity contribution in [2.75, 3.05) is 13.2 Å². The van der Waals surface area contributed by atoms with Crippen LogP contribution in [-0.4, -0.2) is 18.9 Å². The van der Waals surface area contributed by atoms with E-state index in [0.29, 0.717) is 25.1 Å². The van der Waals surface area contributed by atoms with E-state index in [0.717, 1.165) is 0 Å². The largest absolute Gasteiger partial charge is 0.491 e. The number of hydrogen-bond acceptors (Lipinski definition) is 3. The van der Waals surface area contributed by atoms with Gasteiger partial charge in [-0.1, -0.05) is 13.8 Å². The van der Waals surface area contributed by atoms with Gasteiger partial charge < -0.3 is 10.5 Å². The second-order valence-electron chi connectivity index (χ2n) is 5.05. The molecule has 1 aromatic rings. The fourth-order valence-corrected chi connectivity index (χ4v) is 1.56. The minimum Gasteiger partial charge on any atom is -0.491 e. The molecule has 0 bridgehead atoms.